The molecule has 4 heterocycles. The number of piperidine rings is 1. The molecule has 9 heteroatoms. The van der Waals surface area contributed by atoms with Crippen molar-refractivity contribution in [3.63, 3.8) is 0 Å². The van der Waals surface area contributed by atoms with Gasteiger partial charge in [0, 0.05) is 61.4 Å². The molecule has 2 atom stereocenters. The predicted molar refractivity (Wildman–Crippen MR) is 122 cm³/mol. The number of benzene rings is 1. The van der Waals surface area contributed by atoms with Crippen molar-refractivity contribution < 1.29 is 9.47 Å². The van der Waals surface area contributed by atoms with E-state index < -0.39 is 0 Å². The molecular formula is C22H28N6O2S. The summed E-state index contributed by atoms with van der Waals surface area (Å²) < 4.78 is 11.4. The van der Waals surface area contributed by atoms with E-state index in [1.807, 2.05) is 6.20 Å². The SMILES string of the molecule is CO[C@H](c1ncc(C)s1)[C@H]1CCCN(c2nnnc3cc(N4CCOCC4)ccc23)C1. The number of aryl methyl sites for hydroxylation is 1. The summed E-state index contributed by atoms with van der Waals surface area (Å²) >= 11 is 1.72. The lowest BCUT2D eigenvalue weighted by molar-refractivity contribution is 0.0446. The van der Waals surface area contributed by atoms with Gasteiger partial charge in [-0.2, -0.15) is 0 Å². The Labute approximate surface area is 186 Å². The minimum atomic E-state index is 0.00971. The molecule has 0 amide bonds. The molecule has 2 aliphatic rings. The third-order valence-corrected chi connectivity index (χ3v) is 7.19. The lowest BCUT2D eigenvalue weighted by atomic mass is 9.92. The third kappa shape index (κ3) is 4.22. The van der Waals surface area contributed by atoms with Crippen LogP contribution in [-0.2, 0) is 9.47 Å². The van der Waals surface area contributed by atoms with E-state index in [4.69, 9.17) is 9.47 Å². The van der Waals surface area contributed by atoms with Crippen molar-refractivity contribution in [3.05, 3.63) is 34.3 Å². The smallest absolute Gasteiger partial charge is 0.162 e. The zero-order chi connectivity index (χ0) is 21.2. The van der Waals surface area contributed by atoms with Crippen LogP contribution in [0.4, 0.5) is 11.5 Å². The minimum Gasteiger partial charge on any atom is -0.378 e. The van der Waals surface area contributed by atoms with E-state index >= 15 is 0 Å². The molecule has 0 spiro atoms. The highest BCUT2D eigenvalue weighted by molar-refractivity contribution is 7.11. The average molecular weight is 441 g/mol. The van der Waals surface area contributed by atoms with Crippen LogP contribution in [0.25, 0.3) is 10.9 Å². The van der Waals surface area contributed by atoms with Gasteiger partial charge in [0.15, 0.2) is 5.82 Å². The summed E-state index contributed by atoms with van der Waals surface area (Å²) in [4.78, 5) is 10.5. The molecule has 0 bridgehead atoms. The summed E-state index contributed by atoms with van der Waals surface area (Å²) in [6.07, 6.45) is 4.15. The summed E-state index contributed by atoms with van der Waals surface area (Å²) in [7, 11) is 1.79. The van der Waals surface area contributed by atoms with Crippen molar-refractivity contribution in [3.8, 4) is 0 Å². The zero-order valence-corrected chi connectivity index (χ0v) is 18.8. The lowest BCUT2D eigenvalue weighted by Gasteiger charge is -2.36. The van der Waals surface area contributed by atoms with Gasteiger partial charge in [-0.25, -0.2) is 4.98 Å². The highest BCUT2D eigenvalue weighted by atomic mass is 32.1. The first kappa shape index (κ1) is 20.5. The van der Waals surface area contributed by atoms with Crippen LogP contribution in [0.1, 0.15) is 28.8 Å². The Balaban J connectivity index is 1.40. The van der Waals surface area contributed by atoms with Crippen LogP contribution in [0.15, 0.2) is 24.4 Å². The van der Waals surface area contributed by atoms with Crippen molar-refractivity contribution >= 4 is 33.7 Å². The largest absolute Gasteiger partial charge is 0.378 e. The first-order chi connectivity index (χ1) is 15.2. The number of hydrogen-bond donors (Lipinski definition) is 0. The van der Waals surface area contributed by atoms with Crippen molar-refractivity contribution in [2.45, 2.75) is 25.9 Å². The van der Waals surface area contributed by atoms with Crippen molar-refractivity contribution in [1.29, 1.82) is 0 Å². The topological polar surface area (TPSA) is 76.5 Å². The molecule has 164 valence electrons. The first-order valence-corrected chi connectivity index (χ1v) is 11.7. The summed E-state index contributed by atoms with van der Waals surface area (Å²) in [5.41, 5.74) is 2.05. The van der Waals surface area contributed by atoms with Gasteiger partial charge >= 0.3 is 0 Å². The van der Waals surface area contributed by atoms with E-state index in [0.29, 0.717) is 5.92 Å². The number of nitrogens with zero attached hydrogens (tertiary/aromatic N) is 6. The fraction of sp³-hybridized carbons (Fsp3) is 0.545. The fourth-order valence-electron chi connectivity index (χ4n) is 4.66. The number of thiazole rings is 1. The molecule has 0 unspecified atom stereocenters. The van der Waals surface area contributed by atoms with E-state index in [9.17, 15) is 0 Å². The van der Waals surface area contributed by atoms with Gasteiger partial charge in [0.1, 0.15) is 16.6 Å². The molecule has 2 aromatic heterocycles. The number of aromatic nitrogens is 4. The van der Waals surface area contributed by atoms with Crippen LogP contribution < -0.4 is 9.80 Å². The monoisotopic (exact) mass is 440 g/mol. The molecule has 2 fully saturated rings. The zero-order valence-electron chi connectivity index (χ0n) is 18.0. The highest BCUT2D eigenvalue weighted by Crippen LogP contribution is 2.36. The second kappa shape index (κ2) is 9.02. The molecule has 0 radical (unpaired) electrons. The number of morpholine rings is 1. The maximum Gasteiger partial charge on any atom is 0.162 e. The van der Waals surface area contributed by atoms with Gasteiger partial charge in [-0.3, -0.25) is 0 Å². The summed E-state index contributed by atoms with van der Waals surface area (Å²) in [5.74, 6) is 1.27. The number of methoxy groups -OCH3 is 1. The molecule has 3 aromatic rings. The number of hydrogen-bond acceptors (Lipinski definition) is 9. The average Bonchev–Trinajstić information content (AvgIpc) is 3.25. The standard InChI is InChI=1S/C22H28N6O2S/c1-15-13-23-22(31-15)20(29-2)16-4-3-7-28(14-16)21-18-6-5-17(12-19(18)24-26-25-21)27-8-10-30-11-9-27/h5-6,12-13,16,20H,3-4,7-11,14H2,1-2H3/t16-,20-/m0/s1. The summed E-state index contributed by atoms with van der Waals surface area (Å²) in [6, 6.07) is 6.42. The van der Waals surface area contributed by atoms with Gasteiger partial charge in [0.25, 0.3) is 0 Å². The van der Waals surface area contributed by atoms with Crippen LogP contribution >= 0.6 is 11.3 Å². The second-order valence-corrected chi connectivity index (χ2v) is 9.49. The van der Waals surface area contributed by atoms with Gasteiger partial charge in [0.05, 0.1) is 13.2 Å². The van der Waals surface area contributed by atoms with Crippen molar-refractivity contribution in [1.82, 2.24) is 20.4 Å². The van der Waals surface area contributed by atoms with E-state index in [2.05, 4.69) is 55.3 Å². The Morgan fingerprint density at radius 3 is 2.81 bits per heavy atom. The van der Waals surface area contributed by atoms with Crippen molar-refractivity contribution in [2.24, 2.45) is 5.92 Å². The predicted octanol–water partition coefficient (Wildman–Crippen LogP) is 3.23. The Bertz CT molecular complexity index is 1040. The number of rotatable bonds is 5. The Hall–Kier alpha value is -2.36. The Kier molecular flexibility index (Phi) is 5.97. The maximum absolute atomic E-state index is 5.90. The Morgan fingerprint density at radius 1 is 1.16 bits per heavy atom. The van der Waals surface area contributed by atoms with Crippen LogP contribution in [0.3, 0.4) is 0 Å². The number of fused-ring (bicyclic) bond motifs is 1. The molecule has 2 aliphatic heterocycles. The van der Waals surface area contributed by atoms with Crippen molar-refractivity contribution in [2.75, 3.05) is 56.3 Å². The van der Waals surface area contributed by atoms with Crippen LogP contribution in [0.2, 0.25) is 0 Å². The quantitative estimate of drug-likeness (QED) is 0.599. The van der Waals surface area contributed by atoms with E-state index in [0.717, 1.165) is 79.7 Å². The molecule has 31 heavy (non-hydrogen) atoms. The summed E-state index contributed by atoms with van der Waals surface area (Å²) in [5, 5.41) is 15.0. The molecule has 8 nitrogen and oxygen atoms in total. The fourth-order valence-corrected chi connectivity index (χ4v) is 5.60. The van der Waals surface area contributed by atoms with Crippen LogP contribution in [0.5, 0.6) is 0 Å². The molecule has 0 saturated carbocycles. The Morgan fingerprint density at radius 2 is 2.03 bits per heavy atom. The maximum atomic E-state index is 5.90. The number of ether oxygens (including phenoxy) is 2. The van der Waals surface area contributed by atoms with Gasteiger partial charge in [-0.15, -0.1) is 21.5 Å². The second-order valence-electron chi connectivity index (χ2n) is 8.23. The normalized spacial score (nSPS) is 20.9. The molecule has 0 aliphatic carbocycles. The molecular weight excluding hydrogens is 412 g/mol. The third-order valence-electron chi connectivity index (χ3n) is 6.21. The molecule has 5 rings (SSSR count). The number of anilines is 2. The van der Waals surface area contributed by atoms with E-state index in [1.54, 1.807) is 18.4 Å². The van der Waals surface area contributed by atoms with Gasteiger partial charge < -0.3 is 19.3 Å². The van der Waals surface area contributed by atoms with E-state index in [1.165, 1.54) is 4.88 Å². The first-order valence-electron chi connectivity index (χ1n) is 10.9. The molecule has 0 N–H and O–H groups in total. The van der Waals surface area contributed by atoms with Crippen LogP contribution in [-0.4, -0.2) is 66.9 Å². The van der Waals surface area contributed by atoms with Gasteiger partial charge in [-0.1, -0.05) is 0 Å². The molecule has 1 aromatic carbocycles. The highest BCUT2D eigenvalue weighted by Gasteiger charge is 2.31. The van der Waals surface area contributed by atoms with Crippen LogP contribution in [0, 0.1) is 12.8 Å². The molecule has 2 saturated heterocycles. The van der Waals surface area contributed by atoms with Gasteiger partial charge in [-0.05, 0) is 43.2 Å². The van der Waals surface area contributed by atoms with Gasteiger partial charge in [0.2, 0.25) is 0 Å². The summed E-state index contributed by atoms with van der Waals surface area (Å²) in [6.45, 7) is 7.25. The lowest BCUT2D eigenvalue weighted by Crippen LogP contribution is -2.39. The minimum absolute atomic E-state index is 0.00971. The van der Waals surface area contributed by atoms with E-state index in [-0.39, 0.29) is 6.10 Å².